The summed E-state index contributed by atoms with van der Waals surface area (Å²) < 4.78 is 62.0. The standard InChI is InChI=1S/C22H31N3O6S2/c1-7-25(8-2)33(29,30)19-11-12-21(31-15(3)4)20(14-19)24-32(27,28)22-13-18(23-17(6)26)10-9-16(22)5/h9-15,24H,7-8H2,1-6H3,(H,23,26). The van der Waals surface area contributed by atoms with E-state index in [0.717, 1.165) is 0 Å². The van der Waals surface area contributed by atoms with Crippen LogP contribution in [0, 0.1) is 6.92 Å². The molecule has 0 saturated carbocycles. The zero-order valence-corrected chi connectivity index (χ0v) is 21.3. The highest BCUT2D eigenvalue weighted by Gasteiger charge is 2.25. The first-order valence-corrected chi connectivity index (χ1v) is 13.5. The normalized spacial score (nSPS) is 12.1. The fraction of sp³-hybridized carbons (Fsp3) is 0.409. The van der Waals surface area contributed by atoms with Gasteiger partial charge in [-0.3, -0.25) is 9.52 Å². The summed E-state index contributed by atoms with van der Waals surface area (Å²) in [6, 6.07) is 8.61. The number of rotatable bonds is 10. The van der Waals surface area contributed by atoms with Gasteiger partial charge in [0.1, 0.15) is 5.75 Å². The first-order valence-electron chi connectivity index (χ1n) is 10.5. The molecule has 0 radical (unpaired) electrons. The van der Waals surface area contributed by atoms with E-state index in [1.807, 2.05) is 0 Å². The van der Waals surface area contributed by atoms with Crippen LogP contribution < -0.4 is 14.8 Å². The maximum absolute atomic E-state index is 13.3. The molecule has 0 unspecified atom stereocenters. The number of nitrogens with zero attached hydrogens (tertiary/aromatic N) is 1. The van der Waals surface area contributed by atoms with Crippen molar-refractivity contribution in [1.29, 1.82) is 0 Å². The van der Waals surface area contributed by atoms with Gasteiger partial charge in [0.05, 0.1) is 21.6 Å². The van der Waals surface area contributed by atoms with Gasteiger partial charge in [-0.15, -0.1) is 0 Å². The number of amides is 1. The van der Waals surface area contributed by atoms with Crippen molar-refractivity contribution in [2.75, 3.05) is 23.1 Å². The molecule has 0 saturated heterocycles. The third kappa shape index (κ3) is 6.46. The molecule has 0 aromatic heterocycles. The Morgan fingerprint density at radius 3 is 2.21 bits per heavy atom. The third-order valence-corrected chi connectivity index (χ3v) is 8.25. The summed E-state index contributed by atoms with van der Waals surface area (Å²) in [5.74, 6) is -0.139. The Balaban J connectivity index is 2.59. The van der Waals surface area contributed by atoms with Crippen molar-refractivity contribution in [3.63, 3.8) is 0 Å². The summed E-state index contributed by atoms with van der Waals surface area (Å²) in [4.78, 5) is 11.3. The Morgan fingerprint density at radius 2 is 1.67 bits per heavy atom. The van der Waals surface area contributed by atoms with Crippen LogP contribution in [0.4, 0.5) is 11.4 Å². The topological polar surface area (TPSA) is 122 Å². The van der Waals surface area contributed by atoms with E-state index in [-0.39, 0.29) is 46.3 Å². The minimum Gasteiger partial charge on any atom is -0.489 e. The lowest BCUT2D eigenvalue weighted by Gasteiger charge is -2.21. The van der Waals surface area contributed by atoms with E-state index in [2.05, 4.69) is 10.0 Å². The summed E-state index contributed by atoms with van der Waals surface area (Å²) in [6.45, 7) is 10.5. The second kappa shape index (κ2) is 10.5. The number of carbonyl (C=O) groups excluding carboxylic acids is 1. The predicted octanol–water partition coefficient (Wildman–Crippen LogP) is 3.57. The zero-order chi connectivity index (χ0) is 25.0. The maximum Gasteiger partial charge on any atom is 0.262 e. The van der Waals surface area contributed by atoms with Crippen molar-refractivity contribution < 1.29 is 26.4 Å². The van der Waals surface area contributed by atoms with Gasteiger partial charge in [-0.1, -0.05) is 19.9 Å². The minimum atomic E-state index is -4.14. The highest BCUT2D eigenvalue weighted by molar-refractivity contribution is 7.92. The van der Waals surface area contributed by atoms with Gasteiger partial charge < -0.3 is 10.1 Å². The number of aryl methyl sites for hydroxylation is 1. The number of anilines is 2. The van der Waals surface area contributed by atoms with Gasteiger partial charge in [-0.2, -0.15) is 4.31 Å². The Bertz CT molecular complexity index is 1220. The molecule has 2 aromatic carbocycles. The molecule has 0 atom stereocenters. The molecule has 0 spiro atoms. The quantitative estimate of drug-likeness (QED) is 0.517. The average molecular weight is 498 g/mol. The largest absolute Gasteiger partial charge is 0.489 e. The zero-order valence-electron chi connectivity index (χ0n) is 19.7. The lowest BCUT2D eigenvalue weighted by molar-refractivity contribution is -0.114. The van der Waals surface area contributed by atoms with Crippen LogP contribution in [-0.4, -0.2) is 46.2 Å². The highest BCUT2D eigenvalue weighted by Crippen LogP contribution is 2.33. The molecule has 0 aliphatic heterocycles. The van der Waals surface area contributed by atoms with E-state index in [1.54, 1.807) is 46.8 Å². The summed E-state index contributed by atoms with van der Waals surface area (Å²) in [7, 11) is -7.97. The van der Waals surface area contributed by atoms with Gasteiger partial charge in [0.2, 0.25) is 15.9 Å². The Morgan fingerprint density at radius 1 is 1.03 bits per heavy atom. The highest BCUT2D eigenvalue weighted by atomic mass is 32.2. The number of hydrogen-bond donors (Lipinski definition) is 2. The van der Waals surface area contributed by atoms with Crippen LogP contribution in [-0.2, 0) is 24.8 Å². The molecule has 33 heavy (non-hydrogen) atoms. The second-order valence-corrected chi connectivity index (χ2v) is 11.3. The number of sulfonamides is 2. The fourth-order valence-corrected chi connectivity index (χ4v) is 6.01. The van der Waals surface area contributed by atoms with Crippen molar-refractivity contribution in [3.8, 4) is 5.75 Å². The number of carbonyl (C=O) groups is 1. The van der Waals surface area contributed by atoms with Gasteiger partial charge >= 0.3 is 0 Å². The van der Waals surface area contributed by atoms with E-state index in [1.165, 1.54) is 35.5 Å². The molecule has 0 bridgehead atoms. The molecule has 9 nitrogen and oxygen atoms in total. The monoisotopic (exact) mass is 497 g/mol. The van der Waals surface area contributed by atoms with Crippen LogP contribution in [0.3, 0.4) is 0 Å². The molecule has 11 heteroatoms. The van der Waals surface area contributed by atoms with Crippen molar-refractivity contribution in [2.45, 2.75) is 57.4 Å². The molecular formula is C22H31N3O6S2. The average Bonchev–Trinajstić information content (AvgIpc) is 2.70. The molecular weight excluding hydrogens is 466 g/mol. The molecule has 2 rings (SSSR count). The van der Waals surface area contributed by atoms with Crippen LogP contribution in [0.15, 0.2) is 46.2 Å². The van der Waals surface area contributed by atoms with Gasteiger partial charge in [0.15, 0.2) is 0 Å². The van der Waals surface area contributed by atoms with E-state index in [0.29, 0.717) is 11.3 Å². The second-order valence-electron chi connectivity index (χ2n) is 7.68. The summed E-state index contributed by atoms with van der Waals surface area (Å²) in [5.41, 5.74) is 0.779. The molecule has 2 N–H and O–H groups in total. The lowest BCUT2D eigenvalue weighted by Crippen LogP contribution is -2.30. The van der Waals surface area contributed by atoms with E-state index >= 15 is 0 Å². The van der Waals surface area contributed by atoms with Crippen molar-refractivity contribution in [1.82, 2.24) is 4.31 Å². The van der Waals surface area contributed by atoms with Gasteiger partial charge in [0.25, 0.3) is 10.0 Å². The summed E-state index contributed by atoms with van der Waals surface area (Å²) in [5, 5.41) is 2.56. The van der Waals surface area contributed by atoms with E-state index in [9.17, 15) is 21.6 Å². The van der Waals surface area contributed by atoms with Crippen LogP contribution in [0.1, 0.15) is 40.2 Å². The van der Waals surface area contributed by atoms with Crippen molar-refractivity contribution in [3.05, 3.63) is 42.0 Å². The van der Waals surface area contributed by atoms with Gasteiger partial charge in [-0.25, -0.2) is 16.8 Å². The van der Waals surface area contributed by atoms with Crippen LogP contribution in [0.2, 0.25) is 0 Å². The Labute approximate surface area is 196 Å². The number of hydrogen-bond acceptors (Lipinski definition) is 6. The smallest absolute Gasteiger partial charge is 0.262 e. The van der Waals surface area contributed by atoms with Crippen LogP contribution in [0.5, 0.6) is 5.75 Å². The van der Waals surface area contributed by atoms with Gasteiger partial charge in [0, 0.05) is 25.7 Å². The maximum atomic E-state index is 13.3. The SMILES string of the molecule is CCN(CC)S(=O)(=O)c1ccc(OC(C)C)c(NS(=O)(=O)c2cc(NC(C)=O)ccc2C)c1. The van der Waals surface area contributed by atoms with Crippen molar-refractivity contribution in [2.24, 2.45) is 0 Å². The molecule has 0 fully saturated rings. The minimum absolute atomic E-state index is 0.00117. The molecule has 0 aliphatic rings. The molecule has 182 valence electrons. The van der Waals surface area contributed by atoms with Gasteiger partial charge in [-0.05, 0) is 56.7 Å². The lowest BCUT2D eigenvalue weighted by atomic mass is 10.2. The fourth-order valence-electron chi connectivity index (χ4n) is 3.19. The Kier molecular flexibility index (Phi) is 8.50. The summed E-state index contributed by atoms with van der Waals surface area (Å²) in [6.07, 6.45) is -0.275. The first-order chi connectivity index (χ1) is 15.3. The molecule has 1 amide bonds. The molecule has 2 aromatic rings. The van der Waals surface area contributed by atoms with E-state index in [4.69, 9.17) is 4.74 Å². The first kappa shape index (κ1) is 26.6. The predicted molar refractivity (Wildman–Crippen MR) is 129 cm³/mol. The summed E-state index contributed by atoms with van der Waals surface area (Å²) >= 11 is 0. The van der Waals surface area contributed by atoms with Crippen LogP contribution in [0.25, 0.3) is 0 Å². The number of benzene rings is 2. The molecule has 0 aliphatic carbocycles. The van der Waals surface area contributed by atoms with Crippen molar-refractivity contribution >= 4 is 37.3 Å². The number of ether oxygens (including phenoxy) is 1. The number of nitrogens with one attached hydrogen (secondary N) is 2. The van der Waals surface area contributed by atoms with E-state index < -0.39 is 20.0 Å². The molecule has 0 heterocycles. The van der Waals surface area contributed by atoms with Crippen LogP contribution >= 0.6 is 0 Å². The third-order valence-electron chi connectivity index (χ3n) is 4.70. The Hall–Kier alpha value is -2.63.